The third kappa shape index (κ3) is 9.86. The largest absolute Gasteiger partial charge is 0.354 e. The van der Waals surface area contributed by atoms with Crippen molar-refractivity contribution < 1.29 is 14.4 Å². The van der Waals surface area contributed by atoms with Gasteiger partial charge in [-0.15, -0.1) is 22.7 Å². The first-order valence-electron chi connectivity index (χ1n) is 19.7. The summed E-state index contributed by atoms with van der Waals surface area (Å²) in [6, 6.07) is 52.6. The molecule has 1 amide bonds. The lowest BCUT2D eigenvalue weighted by Gasteiger charge is -2.09. The molecule has 0 saturated carbocycles. The van der Waals surface area contributed by atoms with Crippen LogP contribution in [-0.2, 0) is 4.79 Å². The molecule has 9 rings (SSSR count). The summed E-state index contributed by atoms with van der Waals surface area (Å²) in [5.41, 5.74) is 8.49. The Morgan fingerprint density at radius 2 is 0.984 bits per heavy atom. The van der Waals surface area contributed by atoms with E-state index in [1.54, 1.807) is 55.1 Å². The van der Waals surface area contributed by atoms with Gasteiger partial charge in [-0.3, -0.25) is 24.4 Å². The summed E-state index contributed by atoms with van der Waals surface area (Å²) in [6.45, 7) is 0. The molecule has 4 heterocycles. The lowest BCUT2D eigenvalue weighted by Crippen LogP contribution is -2.28. The molecule has 1 unspecified atom stereocenters. The highest BCUT2D eigenvalue weighted by molar-refractivity contribution is 7.21. The quantitative estimate of drug-likeness (QED) is 0.0802. The number of Topliss-reactive ketones (excluding diaryl/α,β-unsaturated/α-hetero) is 2. The van der Waals surface area contributed by atoms with Crippen LogP contribution in [0, 0.1) is 28.6 Å². The van der Waals surface area contributed by atoms with E-state index in [9.17, 15) is 19.6 Å². The first-order chi connectivity index (χ1) is 30.9. The van der Waals surface area contributed by atoms with Crippen LogP contribution in [-0.4, -0.2) is 27.4 Å². The number of ketones is 2. The van der Waals surface area contributed by atoms with E-state index in [0.29, 0.717) is 15.4 Å². The summed E-state index contributed by atoms with van der Waals surface area (Å²) in [5.74, 6) is -2.79. The predicted octanol–water partition coefficient (Wildman–Crippen LogP) is 12.5. The Kier molecular flexibility index (Phi) is 12.8. The second-order valence-corrected chi connectivity index (χ2v) is 16.3. The summed E-state index contributed by atoms with van der Waals surface area (Å²) in [4.78, 5) is 47.2. The van der Waals surface area contributed by atoms with Gasteiger partial charge in [0.15, 0.2) is 17.5 Å². The van der Waals surface area contributed by atoms with Crippen molar-refractivity contribution in [2.45, 2.75) is 6.42 Å². The summed E-state index contributed by atoms with van der Waals surface area (Å²) >= 11 is 2.58. The van der Waals surface area contributed by atoms with Crippen LogP contribution in [0.5, 0.6) is 0 Å². The minimum atomic E-state index is -1.45. The van der Waals surface area contributed by atoms with Crippen LogP contribution in [0.25, 0.3) is 42.4 Å². The molecule has 0 aliphatic carbocycles. The fourth-order valence-corrected chi connectivity index (χ4v) is 8.73. The van der Waals surface area contributed by atoms with Crippen LogP contribution < -0.4 is 16.0 Å². The van der Waals surface area contributed by atoms with Gasteiger partial charge in [0, 0.05) is 40.2 Å². The van der Waals surface area contributed by atoms with Crippen molar-refractivity contribution in [1.82, 2.24) is 9.97 Å². The number of fused-ring (bicyclic) bond motifs is 2. The third-order valence-corrected chi connectivity index (χ3v) is 12.1. The maximum absolute atomic E-state index is 13.1. The lowest BCUT2D eigenvalue weighted by molar-refractivity contribution is -0.117. The van der Waals surface area contributed by atoms with Gasteiger partial charge in [-0.25, -0.2) is 0 Å². The van der Waals surface area contributed by atoms with E-state index in [0.717, 1.165) is 59.6 Å². The zero-order valence-corrected chi connectivity index (χ0v) is 35.0. The second-order valence-electron chi connectivity index (χ2n) is 14.1. The minimum Gasteiger partial charge on any atom is -0.354 e. The van der Waals surface area contributed by atoms with Crippen LogP contribution >= 0.6 is 22.7 Å². The molecule has 5 aromatic carbocycles. The molecular weight excluding hydrogens is 823 g/mol. The molecule has 0 bridgehead atoms. The number of hydrogen-bond donors (Lipinski definition) is 3. The first-order valence-corrected chi connectivity index (χ1v) is 21.3. The zero-order valence-electron chi connectivity index (χ0n) is 33.4. The van der Waals surface area contributed by atoms with Gasteiger partial charge in [0.2, 0.25) is 5.91 Å². The molecule has 304 valence electrons. The van der Waals surface area contributed by atoms with E-state index < -0.39 is 17.6 Å². The van der Waals surface area contributed by atoms with Gasteiger partial charge in [-0.2, -0.15) is 10.5 Å². The van der Waals surface area contributed by atoms with Crippen LogP contribution in [0.2, 0.25) is 0 Å². The topological polar surface area (TPSA) is 161 Å². The summed E-state index contributed by atoms with van der Waals surface area (Å²) in [7, 11) is 0. The van der Waals surface area contributed by atoms with Crippen molar-refractivity contribution in [1.29, 1.82) is 10.5 Å². The minimum absolute atomic E-state index is 0.107. The monoisotopic (exact) mass is 857 g/mol. The molecule has 0 aliphatic heterocycles. The highest BCUT2D eigenvalue weighted by atomic mass is 32.1. The highest BCUT2D eigenvalue weighted by Crippen LogP contribution is 2.35. The normalized spacial score (nSPS) is 11.0. The van der Waals surface area contributed by atoms with Crippen molar-refractivity contribution in [3.63, 3.8) is 0 Å². The number of pyridine rings is 2. The zero-order chi connectivity index (χ0) is 43.5. The number of rotatable bonds is 12. The van der Waals surface area contributed by atoms with Gasteiger partial charge in [0.25, 0.3) is 0 Å². The van der Waals surface area contributed by atoms with Gasteiger partial charge in [-0.1, -0.05) is 103 Å². The van der Waals surface area contributed by atoms with Crippen molar-refractivity contribution in [2.24, 2.45) is 5.92 Å². The third-order valence-electron chi connectivity index (χ3n) is 9.89. The molecule has 12 heteroatoms. The van der Waals surface area contributed by atoms with Gasteiger partial charge >= 0.3 is 0 Å². The fourth-order valence-electron chi connectivity index (χ4n) is 6.72. The smallest absolute Gasteiger partial charge is 0.249 e. The molecule has 9 aromatic rings. The number of nitriles is 2. The number of thiophene rings is 2. The average molecular weight is 858 g/mol. The first kappa shape index (κ1) is 41.4. The van der Waals surface area contributed by atoms with E-state index in [2.05, 4.69) is 62.3 Å². The predicted molar refractivity (Wildman–Crippen MR) is 253 cm³/mol. The molecule has 0 aliphatic rings. The maximum atomic E-state index is 13.1. The number of carbonyl (C=O) groups excluding carboxylic acids is 3. The number of benzene rings is 5. The number of hydrogen-bond acceptors (Lipinski definition) is 11. The lowest BCUT2D eigenvalue weighted by atomic mass is 10.0. The SMILES string of the molecule is N#CC(C(=O)Nc1ccccc1)C(=O)c1cc2c(Nc3ccc(-c4ccccc4)cc3)cncc2s1.N#CCC(=O)c1cc2c(Nc3ccc(-c4ccccc4)cc3)cncc2s1. The summed E-state index contributed by atoms with van der Waals surface area (Å²) in [5, 5.41) is 29.4. The molecule has 0 saturated heterocycles. The van der Waals surface area contributed by atoms with Crippen molar-refractivity contribution >= 4 is 88.8 Å². The van der Waals surface area contributed by atoms with E-state index in [4.69, 9.17) is 5.26 Å². The van der Waals surface area contributed by atoms with Crippen molar-refractivity contribution in [3.05, 3.63) is 186 Å². The highest BCUT2D eigenvalue weighted by Gasteiger charge is 2.29. The van der Waals surface area contributed by atoms with Gasteiger partial charge in [-0.05, 0) is 70.8 Å². The Labute approximate surface area is 370 Å². The number of nitrogens with zero attached hydrogens (tertiary/aromatic N) is 4. The molecular formula is C51H35N7O3S2. The molecule has 63 heavy (non-hydrogen) atoms. The second kappa shape index (κ2) is 19.4. The fraction of sp³-hybridized carbons (Fsp3) is 0.0392. The van der Waals surface area contributed by atoms with Gasteiger partial charge in [0.1, 0.15) is 0 Å². The Balaban J connectivity index is 0.000000180. The number of nitrogens with one attached hydrogen (secondary N) is 3. The number of aromatic nitrogens is 2. The van der Waals surface area contributed by atoms with Crippen molar-refractivity contribution in [3.8, 4) is 34.4 Å². The Morgan fingerprint density at radius 3 is 1.46 bits per heavy atom. The summed E-state index contributed by atoms with van der Waals surface area (Å²) < 4.78 is 1.70. The molecule has 0 spiro atoms. The van der Waals surface area contributed by atoms with E-state index in [-0.39, 0.29) is 12.2 Å². The molecule has 4 aromatic heterocycles. The van der Waals surface area contributed by atoms with Crippen LogP contribution in [0.15, 0.2) is 176 Å². The molecule has 0 radical (unpaired) electrons. The standard InChI is InChI=1S/C29H20N4O2S.C22H15N3OS/c30-16-24(29(35)33-21-9-5-2-6-10-21)28(34)26-15-23-25(17-31-18-27(23)36-26)32-22-13-11-20(12-14-22)19-7-3-1-4-8-19;23-11-10-20(26)21-12-18-19(13-24-14-22(18)27-21)25-17-8-6-16(7-9-17)15-4-2-1-3-5-15/h1-15,17-18,24,32H,(H,33,35);1-9,12-14,25H,10H2. The Bertz CT molecular complexity index is 3140. The number of para-hydroxylation sites is 1. The van der Waals surface area contributed by atoms with Crippen LogP contribution in [0.3, 0.4) is 0 Å². The van der Waals surface area contributed by atoms with Crippen molar-refractivity contribution in [2.75, 3.05) is 16.0 Å². The Morgan fingerprint density at radius 1 is 0.540 bits per heavy atom. The van der Waals surface area contributed by atoms with Gasteiger partial charge < -0.3 is 16.0 Å². The number of amides is 1. The number of carbonyl (C=O) groups is 3. The van der Waals surface area contributed by atoms with Gasteiger partial charge in [0.05, 0.1) is 61.5 Å². The number of anilines is 5. The molecule has 10 nitrogen and oxygen atoms in total. The van der Waals surface area contributed by atoms with E-state index >= 15 is 0 Å². The summed E-state index contributed by atoms with van der Waals surface area (Å²) in [6.07, 6.45) is 6.75. The van der Waals surface area contributed by atoms with E-state index in [1.165, 1.54) is 28.2 Å². The molecule has 3 N–H and O–H groups in total. The maximum Gasteiger partial charge on any atom is 0.249 e. The Hall–Kier alpha value is -8.29. The average Bonchev–Trinajstić information content (AvgIpc) is 3.98. The molecule has 0 fully saturated rings. The van der Waals surface area contributed by atoms with E-state index in [1.807, 2.05) is 97.1 Å². The van der Waals surface area contributed by atoms with Crippen LogP contribution in [0.1, 0.15) is 25.8 Å². The molecule has 1 atom stereocenters. The van der Waals surface area contributed by atoms with Crippen LogP contribution in [0.4, 0.5) is 28.4 Å².